The topological polar surface area (TPSA) is 42.0 Å². The standard InChI is InChI=1S/C14H19BrN2O/c1-9-7-12(16-8-11(9)15)17-13(18)10-5-4-6-14(10,2)3/h7-8,10H,4-6H2,1-3H3,(H,16,17,18). The summed E-state index contributed by atoms with van der Waals surface area (Å²) in [5.41, 5.74) is 1.18. The van der Waals surface area contributed by atoms with E-state index in [-0.39, 0.29) is 17.2 Å². The van der Waals surface area contributed by atoms with Gasteiger partial charge in [-0.25, -0.2) is 4.98 Å². The molecule has 1 atom stereocenters. The monoisotopic (exact) mass is 310 g/mol. The van der Waals surface area contributed by atoms with Crippen LogP contribution in [0.5, 0.6) is 0 Å². The summed E-state index contributed by atoms with van der Waals surface area (Å²) in [6, 6.07) is 1.89. The minimum absolute atomic E-state index is 0.100. The Balaban J connectivity index is 2.09. The van der Waals surface area contributed by atoms with Crippen LogP contribution in [0.25, 0.3) is 0 Å². The molecule has 0 aliphatic heterocycles. The van der Waals surface area contributed by atoms with Crippen molar-refractivity contribution in [2.45, 2.75) is 40.0 Å². The molecular formula is C14H19BrN2O. The molecule has 0 aromatic carbocycles. The van der Waals surface area contributed by atoms with Crippen molar-refractivity contribution in [3.8, 4) is 0 Å². The number of hydrogen-bond acceptors (Lipinski definition) is 2. The summed E-state index contributed by atoms with van der Waals surface area (Å²) in [6.07, 6.45) is 4.97. The molecule has 1 N–H and O–H groups in total. The molecule has 4 heteroatoms. The molecule has 0 saturated heterocycles. The Kier molecular flexibility index (Phi) is 3.76. The number of amides is 1. The van der Waals surface area contributed by atoms with Gasteiger partial charge in [0.25, 0.3) is 0 Å². The van der Waals surface area contributed by atoms with E-state index in [4.69, 9.17) is 0 Å². The van der Waals surface area contributed by atoms with Gasteiger partial charge in [-0.15, -0.1) is 0 Å². The number of pyridine rings is 1. The average Bonchev–Trinajstić information content (AvgIpc) is 2.63. The van der Waals surface area contributed by atoms with Gasteiger partial charge in [-0.05, 0) is 52.7 Å². The van der Waals surface area contributed by atoms with Gasteiger partial charge >= 0.3 is 0 Å². The fourth-order valence-electron chi connectivity index (χ4n) is 2.63. The number of aryl methyl sites for hydroxylation is 1. The van der Waals surface area contributed by atoms with Gasteiger partial charge in [0, 0.05) is 16.6 Å². The maximum atomic E-state index is 12.3. The summed E-state index contributed by atoms with van der Waals surface area (Å²) >= 11 is 3.40. The molecule has 18 heavy (non-hydrogen) atoms. The molecule has 0 spiro atoms. The van der Waals surface area contributed by atoms with Crippen molar-refractivity contribution < 1.29 is 4.79 Å². The van der Waals surface area contributed by atoms with E-state index in [9.17, 15) is 4.79 Å². The second-order valence-electron chi connectivity index (χ2n) is 5.74. The van der Waals surface area contributed by atoms with Crippen molar-refractivity contribution in [2.24, 2.45) is 11.3 Å². The molecule has 1 heterocycles. The van der Waals surface area contributed by atoms with Crippen molar-refractivity contribution in [3.05, 3.63) is 22.3 Å². The van der Waals surface area contributed by atoms with Crippen molar-refractivity contribution in [1.82, 2.24) is 4.98 Å². The Labute approximate surface area is 117 Å². The molecule has 0 bridgehead atoms. The maximum absolute atomic E-state index is 12.3. The van der Waals surface area contributed by atoms with Gasteiger partial charge < -0.3 is 5.32 Å². The summed E-state index contributed by atoms with van der Waals surface area (Å²) < 4.78 is 0.960. The Morgan fingerprint density at radius 3 is 2.83 bits per heavy atom. The quantitative estimate of drug-likeness (QED) is 0.899. The molecule has 1 amide bonds. The summed E-state index contributed by atoms with van der Waals surface area (Å²) in [4.78, 5) is 16.5. The first kappa shape index (κ1) is 13.5. The van der Waals surface area contributed by atoms with Crippen LogP contribution in [0.15, 0.2) is 16.7 Å². The lowest BCUT2D eigenvalue weighted by atomic mass is 9.81. The number of nitrogens with zero attached hydrogens (tertiary/aromatic N) is 1. The molecule has 1 saturated carbocycles. The third-order valence-electron chi connectivity index (χ3n) is 3.87. The number of aromatic nitrogens is 1. The number of anilines is 1. The molecule has 1 aromatic rings. The van der Waals surface area contributed by atoms with Crippen LogP contribution in [0.1, 0.15) is 38.7 Å². The van der Waals surface area contributed by atoms with Gasteiger partial charge in [-0.1, -0.05) is 20.3 Å². The molecule has 1 unspecified atom stereocenters. The largest absolute Gasteiger partial charge is 0.310 e. The number of halogens is 1. The maximum Gasteiger partial charge on any atom is 0.229 e. The zero-order chi connectivity index (χ0) is 13.3. The number of hydrogen-bond donors (Lipinski definition) is 1. The highest BCUT2D eigenvalue weighted by atomic mass is 79.9. The van der Waals surface area contributed by atoms with Gasteiger partial charge in [0.15, 0.2) is 0 Å². The fraction of sp³-hybridized carbons (Fsp3) is 0.571. The van der Waals surface area contributed by atoms with E-state index in [0.29, 0.717) is 5.82 Å². The van der Waals surface area contributed by atoms with Crippen molar-refractivity contribution >= 4 is 27.7 Å². The number of carbonyl (C=O) groups excluding carboxylic acids is 1. The highest BCUT2D eigenvalue weighted by molar-refractivity contribution is 9.10. The van der Waals surface area contributed by atoms with E-state index in [0.717, 1.165) is 29.3 Å². The molecule has 98 valence electrons. The molecular weight excluding hydrogens is 292 g/mol. The molecule has 3 nitrogen and oxygen atoms in total. The minimum Gasteiger partial charge on any atom is -0.310 e. The molecule has 1 fully saturated rings. The van der Waals surface area contributed by atoms with Crippen LogP contribution in [0, 0.1) is 18.3 Å². The van der Waals surface area contributed by atoms with E-state index < -0.39 is 0 Å². The predicted octanol–water partition coefficient (Wildman–Crippen LogP) is 3.92. The third-order valence-corrected chi connectivity index (χ3v) is 4.70. The Morgan fingerprint density at radius 1 is 1.56 bits per heavy atom. The minimum atomic E-state index is 0.100. The lowest BCUT2D eigenvalue weighted by Gasteiger charge is -2.25. The van der Waals surface area contributed by atoms with Crippen molar-refractivity contribution in [1.29, 1.82) is 0 Å². The third kappa shape index (κ3) is 2.74. The van der Waals surface area contributed by atoms with Crippen LogP contribution in [-0.4, -0.2) is 10.9 Å². The van der Waals surface area contributed by atoms with E-state index in [2.05, 4.69) is 40.1 Å². The van der Waals surface area contributed by atoms with Gasteiger partial charge in [0.2, 0.25) is 5.91 Å². The van der Waals surface area contributed by atoms with Crippen LogP contribution in [0.2, 0.25) is 0 Å². The average molecular weight is 311 g/mol. The number of carbonyl (C=O) groups is 1. The van der Waals surface area contributed by atoms with Gasteiger partial charge in [0.05, 0.1) is 0 Å². The zero-order valence-corrected chi connectivity index (χ0v) is 12.7. The molecule has 1 aromatic heterocycles. The number of nitrogens with one attached hydrogen (secondary N) is 1. The Bertz CT molecular complexity index is 471. The summed E-state index contributed by atoms with van der Waals surface area (Å²) in [5.74, 6) is 0.846. The fourth-order valence-corrected chi connectivity index (χ4v) is 2.85. The highest BCUT2D eigenvalue weighted by Crippen LogP contribution is 2.42. The van der Waals surface area contributed by atoms with E-state index in [1.54, 1.807) is 6.20 Å². The van der Waals surface area contributed by atoms with Crippen LogP contribution >= 0.6 is 15.9 Å². The lowest BCUT2D eigenvalue weighted by molar-refractivity contribution is -0.122. The van der Waals surface area contributed by atoms with Crippen LogP contribution in [0.4, 0.5) is 5.82 Å². The van der Waals surface area contributed by atoms with Crippen molar-refractivity contribution in [2.75, 3.05) is 5.32 Å². The second-order valence-corrected chi connectivity index (χ2v) is 6.60. The number of rotatable bonds is 2. The highest BCUT2D eigenvalue weighted by Gasteiger charge is 2.39. The normalized spacial score (nSPS) is 21.9. The molecule has 0 radical (unpaired) electrons. The SMILES string of the molecule is Cc1cc(NC(=O)C2CCCC2(C)C)ncc1Br. The van der Waals surface area contributed by atoms with Crippen LogP contribution < -0.4 is 5.32 Å². The van der Waals surface area contributed by atoms with Crippen molar-refractivity contribution in [3.63, 3.8) is 0 Å². The van der Waals surface area contributed by atoms with E-state index in [1.807, 2.05) is 13.0 Å². The lowest BCUT2D eigenvalue weighted by Crippen LogP contribution is -2.31. The Morgan fingerprint density at radius 2 is 2.28 bits per heavy atom. The van der Waals surface area contributed by atoms with Crippen LogP contribution in [0.3, 0.4) is 0 Å². The first-order valence-corrected chi connectivity index (χ1v) is 7.12. The van der Waals surface area contributed by atoms with Gasteiger partial charge in [-0.2, -0.15) is 0 Å². The van der Waals surface area contributed by atoms with E-state index >= 15 is 0 Å². The first-order chi connectivity index (χ1) is 8.40. The summed E-state index contributed by atoms with van der Waals surface area (Å²) in [6.45, 7) is 6.33. The predicted molar refractivity (Wildman–Crippen MR) is 76.4 cm³/mol. The first-order valence-electron chi connectivity index (χ1n) is 6.33. The molecule has 1 aliphatic carbocycles. The molecule has 2 rings (SSSR count). The molecule has 1 aliphatic rings. The zero-order valence-electron chi connectivity index (χ0n) is 11.1. The van der Waals surface area contributed by atoms with E-state index in [1.165, 1.54) is 0 Å². The second kappa shape index (κ2) is 5.00. The Hall–Kier alpha value is -0.900. The van der Waals surface area contributed by atoms with Gasteiger partial charge in [0.1, 0.15) is 5.82 Å². The van der Waals surface area contributed by atoms with Gasteiger partial charge in [-0.3, -0.25) is 4.79 Å². The summed E-state index contributed by atoms with van der Waals surface area (Å²) in [5, 5.41) is 2.94. The smallest absolute Gasteiger partial charge is 0.229 e. The summed E-state index contributed by atoms with van der Waals surface area (Å²) in [7, 11) is 0. The van der Waals surface area contributed by atoms with Crippen LogP contribution in [-0.2, 0) is 4.79 Å².